The highest BCUT2D eigenvalue weighted by Crippen LogP contribution is 2.44. The van der Waals surface area contributed by atoms with Gasteiger partial charge in [-0.25, -0.2) is 4.79 Å². The fourth-order valence-electron chi connectivity index (χ4n) is 5.03. The van der Waals surface area contributed by atoms with Gasteiger partial charge in [0.2, 0.25) is 0 Å². The molecule has 0 N–H and O–H groups in total. The summed E-state index contributed by atoms with van der Waals surface area (Å²) in [5.74, 6) is -0.120. The maximum atomic E-state index is 13.1. The fraction of sp³-hybridized carbons (Fsp3) is 0.440. The minimum absolute atomic E-state index is 0.00644. The maximum Gasteiger partial charge on any atom is 0.410 e. The normalized spacial score (nSPS) is 24.8. The number of carbonyl (C=O) groups is 2. The molecular formula is C25H27NO5. The van der Waals surface area contributed by atoms with Gasteiger partial charge < -0.3 is 14.2 Å². The third kappa shape index (κ3) is 3.54. The van der Waals surface area contributed by atoms with Gasteiger partial charge in [0.15, 0.2) is 5.78 Å². The van der Waals surface area contributed by atoms with E-state index in [0.29, 0.717) is 0 Å². The molecule has 3 aliphatic rings. The van der Waals surface area contributed by atoms with Gasteiger partial charge in [0.25, 0.3) is 0 Å². The summed E-state index contributed by atoms with van der Waals surface area (Å²) in [5.41, 5.74) is 4.27. The number of hydrogen-bond acceptors (Lipinski definition) is 5. The SMILES string of the molecule is CC(C)(C)O[C@@H]1CN(C(=O)OCC2c3ccccc3-c3ccccc32)[C@@H]2C(=O)CO[C@@H]21. The predicted molar refractivity (Wildman–Crippen MR) is 115 cm³/mol. The Labute approximate surface area is 182 Å². The lowest BCUT2D eigenvalue weighted by atomic mass is 9.98. The van der Waals surface area contributed by atoms with Crippen molar-refractivity contribution in [1.82, 2.24) is 4.90 Å². The van der Waals surface area contributed by atoms with Gasteiger partial charge in [0, 0.05) is 5.92 Å². The Hall–Kier alpha value is -2.70. The van der Waals surface area contributed by atoms with Crippen LogP contribution in [0.2, 0.25) is 0 Å². The van der Waals surface area contributed by atoms with Gasteiger partial charge in [0.05, 0.1) is 12.1 Å². The van der Waals surface area contributed by atoms with Crippen LogP contribution in [0.1, 0.15) is 37.8 Å². The number of hydrogen-bond donors (Lipinski definition) is 0. The number of Topliss-reactive ketones (excluding diaryl/α,β-unsaturated/α-hetero) is 1. The summed E-state index contributed by atoms with van der Waals surface area (Å²) in [6, 6.07) is 15.8. The minimum Gasteiger partial charge on any atom is -0.448 e. The summed E-state index contributed by atoms with van der Waals surface area (Å²) < 4.78 is 17.5. The van der Waals surface area contributed by atoms with Crippen LogP contribution in [0.15, 0.2) is 48.5 Å². The zero-order valence-corrected chi connectivity index (χ0v) is 18.0. The van der Waals surface area contributed by atoms with Gasteiger partial charge in [-0.15, -0.1) is 0 Å². The Kier molecular flexibility index (Phi) is 4.87. The first kappa shape index (κ1) is 20.2. The van der Waals surface area contributed by atoms with E-state index in [2.05, 4.69) is 24.3 Å². The smallest absolute Gasteiger partial charge is 0.410 e. The molecule has 2 heterocycles. The molecule has 5 rings (SSSR count). The summed E-state index contributed by atoms with van der Waals surface area (Å²) in [4.78, 5) is 27.0. The highest BCUT2D eigenvalue weighted by Gasteiger charge is 2.54. The molecule has 1 aliphatic carbocycles. The third-order valence-corrected chi connectivity index (χ3v) is 6.21. The molecule has 0 spiro atoms. The average molecular weight is 421 g/mol. The molecule has 162 valence electrons. The molecule has 2 fully saturated rings. The van der Waals surface area contributed by atoms with Crippen molar-refractivity contribution in [1.29, 1.82) is 0 Å². The van der Waals surface area contributed by atoms with E-state index in [9.17, 15) is 9.59 Å². The van der Waals surface area contributed by atoms with Crippen molar-refractivity contribution in [3.8, 4) is 11.1 Å². The Morgan fingerprint density at radius 3 is 2.29 bits per heavy atom. The van der Waals surface area contributed by atoms with E-state index in [1.807, 2.05) is 45.0 Å². The van der Waals surface area contributed by atoms with E-state index < -0.39 is 23.8 Å². The molecule has 2 aromatic rings. The predicted octanol–water partition coefficient (Wildman–Crippen LogP) is 3.77. The summed E-state index contributed by atoms with van der Waals surface area (Å²) in [6.45, 7) is 6.38. The second kappa shape index (κ2) is 7.46. The number of likely N-dealkylation sites (tertiary alicyclic amines) is 1. The number of ketones is 1. The molecule has 0 radical (unpaired) electrons. The fourth-order valence-corrected chi connectivity index (χ4v) is 5.03. The monoisotopic (exact) mass is 421 g/mol. The first-order valence-electron chi connectivity index (χ1n) is 10.8. The highest BCUT2D eigenvalue weighted by molar-refractivity contribution is 5.91. The van der Waals surface area contributed by atoms with Crippen molar-refractivity contribution >= 4 is 11.9 Å². The lowest BCUT2D eigenvalue weighted by Gasteiger charge is -2.27. The number of amides is 1. The second-order valence-electron chi connectivity index (χ2n) is 9.41. The highest BCUT2D eigenvalue weighted by atomic mass is 16.6. The lowest BCUT2D eigenvalue weighted by Crippen LogP contribution is -2.42. The maximum absolute atomic E-state index is 13.1. The first-order valence-corrected chi connectivity index (χ1v) is 10.8. The van der Waals surface area contributed by atoms with Crippen molar-refractivity contribution in [2.24, 2.45) is 0 Å². The molecular weight excluding hydrogens is 394 g/mol. The van der Waals surface area contributed by atoms with Gasteiger partial charge in [0.1, 0.15) is 31.5 Å². The van der Waals surface area contributed by atoms with Crippen molar-refractivity contribution in [3.63, 3.8) is 0 Å². The van der Waals surface area contributed by atoms with E-state index in [4.69, 9.17) is 14.2 Å². The van der Waals surface area contributed by atoms with Crippen LogP contribution in [0, 0.1) is 0 Å². The molecule has 0 saturated carbocycles. The van der Waals surface area contributed by atoms with Gasteiger partial charge in [-0.2, -0.15) is 0 Å². The zero-order valence-electron chi connectivity index (χ0n) is 18.0. The number of benzene rings is 2. The van der Waals surface area contributed by atoms with Gasteiger partial charge in [-0.1, -0.05) is 48.5 Å². The Morgan fingerprint density at radius 1 is 1.06 bits per heavy atom. The van der Waals surface area contributed by atoms with Crippen LogP contribution < -0.4 is 0 Å². The van der Waals surface area contributed by atoms with Gasteiger partial charge in [-0.05, 0) is 43.0 Å². The summed E-state index contributed by atoms with van der Waals surface area (Å²) >= 11 is 0. The van der Waals surface area contributed by atoms with Crippen LogP contribution in [0.25, 0.3) is 11.1 Å². The molecule has 6 nitrogen and oxygen atoms in total. The minimum atomic E-state index is -0.636. The van der Waals surface area contributed by atoms with Crippen LogP contribution in [-0.4, -0.2) is 60.4 Å². The van der Waals surface area contributed by atoms with Crippen LogP contribution in [0.5, 0.6) is 0 Å². The van der Waals surface area contributed by atoms with Crippen molar-refractivity contribution in [2.45, 2.75) is 50.5 Å². The molecule has 2 aromatic carbocycles. The first-order chi connectivity index (χ1) is 14.8. The molecule has 6 heteroatoms. The Balaban J connectivity index is 1.33. The van der Waals surface area contributed by atoms with Crippen molar-refractivity contribution in [2.75, 3.05) is 19.8 Å². The Bertz CT molecular complexity index is 981. The summed E-state index contributed by atoms with van der Waals surface area (Å²) in [5, 5.41) is 0. The largest absolute Gasteiger partial charge is 0.448 e. The van der Waals surface area contributed by atoms with Gasteiger partial charge in [-0.3, -0.25) is 9.69 Å². The molecule has 31 heavy (non-hydrogen) atoms. The molecule has 0 aromatic heterocycles. The number of carbonyl (C=O) groups excluding carboxylic acids is 2. The van der Waals surface area contributed by atoms with E-state index in [-0.39, 0.29) is 37.6 Å². The molecule has 2 saturated heterocycles. The molecule has 0 unspecified atom stereocenters. The average Bonchev–Trinajstić information content (AvgIpc) is 3.38. The third-order valence-electron chi connectivity index (χ3n) is 6.21. The van der Waals surface area contributed by atoms with E-state index in [0.717, 1.165) is 11.1 Å². The van der Waals surface area contributed by atoms with Crippen molar-refractivity contribution in [3.05, 3.63) is 59.7 Å². The van der Waals surface area contributed by atoms with E-state index in [1.54, 1.807) is 0 Å². The van der Waals surface area contributed by atoms with Gasteiger partial charge >= 0.3 is 6.09 Å². The Morgan fingerprint density at radius 2 is 1.68 bits per heavy atom. The summed E-state index contributed by atoms with van der Waals surface area (Å²) in [7, 11) is 0. The zero-order chi connectivity index (χ0) is 21.8. The standard InChI is InChI=1S/C25H27NO5/c1-25(2,3)31-21-12-26(22-20(27)14-29-23(21)22)24(28)30-13-19-17-10-6-4-8-15(17)16-9-5-7-11-18(16)19/h4-11,19,21-23H,12-14H2,1-3H3/t21-,22-,23-/m1/s1. The van der Waals surface area contributed by atoms with Crippen molar-refractivity contribution < 1.29 is 23.8 Å². The number of ether oxygens (including phenoxy) is 3. The number of fused-ring (bicyclic) bond motifs is 4. The van der Waals surface area contributed by atoms with Crippen LogP contribution in [-0.2, 0) is 19.0 Å². The molecule has 2 aliphatic heterocycles. The van der Waals surface area contributed by atoms with E-state index in [1.165, 1.54) is 16.0 Å². The topological polar surface area (TPSA) is 65.1 Å². The molecule has 3 atom stereocenters. The lowest BCUT2D eigenvalue weighted by molar-refractivity contribution is -0.121. The number of rotatable bonds is 3. The quantitative estimate of drug-likeness (QED) is 0.755. The summed E-state index contributed by atoms with van der Waals surface area (Å²) in [6.07, 6.45) is -1.28. The van der Waals surface area contributed by atoms with Crippen LogP contribution in [0.3, 0.4) is 0 Å². The second-order valence-corrected chi connectivity index (χ2v) is 9.41. The van der Waals surface area contributed by atoms with Crippen LogP contribution >= 0.6 is 0 Å². The number of nitrogens with zero attached hydrogens (tertiary/aromatic N) is 1. The molecule has 0 bridgehead atoms. The van der Waals surface area contributed by atoms with E-state index >= 15 is 0 Å². The molecule has 1 amide bonds. The van der Waals surface area contributed by atoms with Crippen LogP contribution in [0.4, 0.5) is 4.79 Å².